The Hall–Kier alpha value is -1.48. The molecule has 2 nitrogen and oxygen atoms in total. The van der Waals surface area contributed by atoms with Crippen LogP contribution in [-0.4, -0.2) is 11.4 Å². The van der Waals surface area contributed by atoms with Crippen LogP contribution in [0.4, 0.5) is 13.2 Å². The summed E-state index contributed by atoms with van der Waals surface area (Å²) in [6.45, 7) is 3.15. The summed E-state index contributed by atoms with van der Waals surface area (Å²) in [6.07, 6.45) is 0.711. The van der Waals surface area contributed by atoms with E-state index in [1.165, 1.54) is 6.07 Å². The lowest BCUT2D eigenvalue weighted by Crippen LogP contribution is -2.42. The highest BCUT2D eigenvalue weighted by Crippen LogP contribution is 2.32. The number of halogens is 4. The van der Waals surface area contributed by atoms with Crippen LogP contribution in [0.15, 0.2) is 22.7 Å². The molecule has 0 saturated carbocycles. The van der Waals surface area contributed by atoms with Gasteiger partial charge in [0.25, 0.3) is 5.91 Å². The number of amides is 1. The van der Waals surface area contributed by atoms with E-state index in [2.05, 4.69) is 27.2 Å². The summed E-state index contributed by atoms with van der Waals surface area (Å²) in [5.41, 5.74) is -1.94. The highest BCUT2D eigenvalue weighted by molar-refractivity contribution is 9.10. The van der Waals surface area contributed by atoms with Gasteiger partial charge >= 0.3 is 6.18 Å². The Kier molecular flexibility index (Phi) is 4.31. The maximum atomic E-state index is 12.6. The average molecular weight is 334 g/mol. The summed E-state index contributed by atoms with van der Waals surface area (Å²) in [5.74, 6) is 1.67. The Morgan fingerprint density at radius 1 is 1.37 bits per heavy atom. The van der Waals surface area contributed by atoms with Crippen molar-refractivity contribution < 1.29 is 18.0 Å². The van der Waals surface area contributed by atoms with Crippen LogP contribution in [0, 0.1) is 12.3 Å². The fourth-order valence-corrected chi connectivity index (χ4v) is 1.69. The molecule has 0 heterocycles. The van der Waals surface area contributed by atoms with Gasteiger partial charge in [-0.05, 0) is 48.0 Å². The largest absolute Gasteiger partial charge is 0.416 e. The second-order valence-corrected chi connectivity index (χ2v) is 5.27. The average Bonchev–Trinajstić information content (AvgIpc) is 2.27. The lowest BCUT2D eigenvalue weighted by atomic mass is 10.0. The van der Waals surface area contributed by atoms with Gasteiger partial charge in [-0.1, -0.05) is 5.92 Å². The standard InChI is InChI=1S/C13H11BrF3NO/c1-4-12(2,3)18-11(19)9-7-8(13(15,16)17)5-6-10(9)14/h1,5-7H,2-3H3,(H,18,19). The van der Waals surface area contributed by atoms with Gasteiger partial charge in [0, 0.05) is 4.47 Å². The van der Waals surface area contributed by atoms with Crippen molar-refractivity contribution in [1.82, 2.24) is 5.32 Å². The molecule has 1 aromatic carbocycles. The highest BCUT2D eigenvalue weighted by Gasteiger charge is 2.32. The molecule has 0 spiro atoms. The van der Waals surface area contributed by atoms with E-state index in [0.717, 1.165) is 12.1 Å². The molecule has 0 atom stereocenters. The number of alkyl halides is 3. The van der Waals surface area contributed by atoms with Crippen molar-refractivity contribution in [2.75, 3.05) is 0 Å². The van der Waals surface area contributed by atoms with Crippen molar-refractivity contribution in [3.63, 3.8) is 0 Å². The summed E-state index contributed by atoms with van der Waals surface area (Å²) in [7, 11) is 0. The van der Waals surface area contributed by atoms with Crippen LogP contribution >= 0.6 is 15.9 Å². The smallest absolute Gasteiger partial charge is 0.336 e. The molecule has 0 unspecified atom stereocenters. The second kappa shape index (κ2) is 5.25. The van der Waals surface area contributed by atoms with Gasteiger partial charge in [0.2, 0.25) is 0 Å². The Bertz CT molecular complexity index is 544. The molecular formula is C13H11BrF3NO. The molecule has 6 heteroatoms. The van der Waals surface area contributed by atoms with Crippen molar-refractivity contribution in [3.8, 4) is 12.3 Å². The maximum Gasteiger partial charge on any atom is 0.416 e. The summed E-state index contributed by atoms with van der Waals surface area (Å²) in [4.78, 5) is 11.9. The lowest BCUT2D eigenvalue weighted by Gasteiger charge is -2.20. The van der Waals surface area contributed by atoms with Gasteiger partial charge < -0.3 is 5.32 Å². The fourth-order valence-electron chi connectivity index (χ4n) is 1.26. The van der Waals surface area contributed by atoms with Crippen LogP contribution in [0.3, 0.4) is 0 Å². The van der Waals surface area contributed by atoms with Crippen molar-refractivity contribution in [3.05, 3.63) is 33.8 Å². The van der Waals surface area contributed by atoms with Crippen LogP contribution in [0.2, 0.25) is 0 Å². The second-order valence-electron chi connectivity index (χ2n) is 4.42. The third-order valence-corrected chi connectivity index (χ3v) is 3.02. The molecule has 0 fully saturated rings. The molecule has 0 radical (unpaired) electrons. The van der Waals surface area contributed by atoms with Gasteiger partial charge in [-0.2, -0.15) is 13.2 Å². The van der Waals surface area contributed by atoms with Crippen molar-refractivity contribution in [2.45, 2.75) is 25.6 Å². The van der Waals surface area contributed by atoms with Crippen LogP contribution in [0.25, 0.3) is 0 Å². The number of nitrogens with one attached hydrogen (secondary N) is 1. The number of carbonyl (C=O) groups excluding carboxylic acids is 1. The quantitative estimate of drug-likeness (QED) is 0.823. The molecule has 1 rings (SSSR count). The first-order chi connectivity index (χ1) is 8.57. The predicted octanol–water partition coefficient (Wildman–Crippen LogP) is 3.61. The lowest BCUT2D eigenvalue weighted by molar-refractivity contribution is -0.137. The minimum absolute atomic E-state index is 0.113. The molecule has 1 N–H and O–H groups in total. The first-order valence-corrected chi connectivity index (χ1v) is 6.03. The SMILES string of the molecule is C#CC(C)(C)NC(=O)c1cc(C(F)(F)F)ccc1Br. The third kappa shape index (κ3) is 4.00. The van der Waals surface area contributed by atoms with E-state index in [1.54, 1.807) is 13.8 Å². The summed E-state index contributed by atoms with van der Waals surface area (Å²) < 4.78 is 38.0. The molecule has 0 aliphatic rings. The van der Waals surface area contributed by atoms with E-state index < -0.39 is 23.2 Å². The molecule has 19 heavy (non-hydrogen) atoms. The van der Waals surface area contributed by atoms with Crippen LogP contribution in [0.1, 0.15) is 29.8 Å². The van der Waals surface area contributed by atoms with Gasteiger partial charge in [-0.3, -0.25) is 4.79 Å². The minimum Gasteiger partial charge on any atom is -0.336 e. The molecule has 0 bridgehead atoms. The summed E-state index contributed by atoms with van der Waals surface area (Å²) in [6, 6.07) is 2.86. The number of hydrogen-bond acceptors (Lipinski definition) is 1. The summed E-state index contributed by atoms with van der Waals surface area (Å²) in [5, 5.41) is 2.47. The van der Waals surface area contributed by atoms with E-state index in [0.29, 0.717) is 0 Å². The molecule has 0 aliphatic heterocycles. The molecule has 1 amide bonds. The van der Waals surface area contributed by atoms with Gasteiger partial charge in [0.15, 0.2) is 0 Å². The topological polar surface area (TPSA) is 29.1 Å². The Morgan fingerprint density at radius 2 is 1.95 bits per heavy atom. The molecular weight excluding hydrogens is 323 g/mol. The zero-order valence-corrected chi connectivity index (χ0v) is 11.8. The van der Waals surface area contributed by atoms with Gasteiger partial charge in [-0.25, -0.2) is 0 Å². The van der Waals surface area contributed by atoms with E-state index >= 15 is 0 Å². The predicted molar refractivity (Wildman–Crippen MR) is 69.5 cm³/mol. The van der Waals surface area contributed by atoms with Crippen LogP contribution in [0.5, 0.6) is 0 Å². The Morgan fingerprint density at radius 3 is 2.42 bits per heavy atom. The van der Waals surface area contributed by atoms with Crippen molar-refractivity contribution in [1.29, 1.82) is 0 Å². The van der Waals surface area contributed by atoms with E-state index in [-0.39, 0.29) is 10.0 Å². The van der Waals surface area contributed by atoms with E-state index in [1.807, 2.05) is 0 Å². The first kappa shape index (κ1) is 15.6. The highest BCUT2D eigenvalue weighted by atomic mass is 79.9. The Labute approximate surface area is 117 Å². The Balaban J connectivity index is 3.14. The number of carbonyl (C=O) groups is 1. The van der Waals surface area contributed by atoms with Crippen molar-refractivity contribution in [2.24, 2.45) is 0 Å². The van der Waals surface area contributed by atoms with Gasteiger partial charge in [-0.15, -0.1) is 6.42 Å². The normalized spacial score (nSPS) is 11.8. The van der Waals surface area contributed by atoms with E-state index in [9.17, 15) is 18.0 Å². The zero-order valence-electron chi connectivity index (χ0n) is 10.2. The van der Waals surface area contributed by atoms with Crippen LogP contribution < -0.4 is 5.32 Å². The molecule has 0 aromatic heterocycles. The fraction of sp³-hybridized carbons (Fsp3) is 0.308. The minimum atomic E-state index is -4.50. The number of terminal acetylenes is 1. The maximum absolute atomic E-state index is 12.6. The van der Waals surface area contributed by atoms with Gasteiger partial charge in [0.05, 0.1) is 16.7 Å². The molecule has 0 saturated heterocycles. The molecule has 0 aliphatic carbocycles. The zero-order chi connectivity index (χ0) is 14.8. The monoisotopic (exact) mass is 333 g/mol. The number of hydrogen-bond donors (Lipinski definition) is 1. The van der Waals surface area contributed by atoms with E-state index in [4.69, 9.17) is 6.42 Å². The number of rotatable bonds is 2. The van der Waals surface area contributed by atoms with Crippen molar-refractivity contribution >= 4 is 21.8 Å². The molecule has 102 valence electrons. The summed E-state index contributed by atoms with van der Waals surface area (Å²) >= 11 is 3.05. The third-order valence-electron chi connectivity index (χ3n) is 2.33. The first-order valence-electron chi connectivity index (χ1n) is 5.24. The van der Waals surface area contributed by atoms with Crippen LogP contribution in [-0.2, 0) is 6.18 Å². The van der Waals surface area contributed by atoms with Gasteiger partial charge in [0.1, 0.15) is 0 Å². The molecule has 1 aromatic rings. The number of benzene rings is 1.